The van der Waals surface area contributed by atoms with E-state index in [-0.39, 0.29) is 0 Å². The van der Waals surface area contributed by atoms with E-state index >= 15 is 0 Å². The molecule has 0 aliphatic carbocycles. The molecule has 0 saturated carbocycles. The average molecular weight is 340 g/mol. The van der Waals surface area contributed by atoms with Gasteiger partial charge in [0.1, 0.15) is 22.5 Å². The van der Waals surface area contributed by atoms with Gasteiger partial charge >= 0.3 is 0 Å². The molecule has 0 aromatic heterocycles. The number of rotatable bonds is 1. The summed E-state index contributed by atoms with van der Waals surface area (Å²) >= 11 is 0. The average Bonchev–Trinajstić information content (AvgIpc) is 2.55. The van der Waals surface area contributed by atoms with E-state index in [1.807, 2.05) is 29.6 Å². The third kappa shape index (κ3) is 5.50. The smallest absolute Gasteiger partial charge is 0.140 e. The lowest BCUT2D eigenvalue weighted by Crippen LogP contribution is -2.27. The lowest BCUT2D eigenvalue weighted by molar-refractivity contribution is 0.292. The van der Waals surface area contributed by atoms with Crippen LogP contribution in [0.1, 0.15) is 45.4 Å². The molecule has 2 atom stereocenters. The van der Waals surface area contributed by atoms with Gasteiger partial charge in [-0.1, -0.05) is 32.6 Å². The maximum atomic E-state index is 12.9. The number of hydrogen-bond donors (Lipinski definition) is 0. The maximum absolute atomic E-state index is 12.9. The van der Waals surface area contributed by atoms with Crippen molar-refractivity contribution in [3.05, 3.63) is 18.2 Å². The van der Waals surface area contributed by atoms with Crippen molar-refractivity contribution in [2.75, 3.05) is 27.3 Å². The Balaban J connectivity index is 2.21. The third-order valence-electron chi connectivity index (χ3n) is 4.29. The highest BCUT2D eigenvalue weighted by Gasteiger charge is 2.19. The molecule has 2 rings (SSSR count). The molecule has 1 aliphatic heterocycles. The van der Waals surface area contributed by atoms with E-state index in [0.29, 0.717) is 18.3 Å². The molecule has 1 aromatic rings. The van der Waals surface area contributed by atoms with Crippen LogP contribution in [0.25, 0.3) is 0 Å². The summed E-state index contributed by atoms with van der Waals surface area (Å²) in [6.45, 7) is 3.74. The molecule has 1 aliphatic rings. The van der Waals surface area contributed by atoms with Gasteiger partial charge in [0.25, 0.3) is 0 Å². The number of nitrogens with zero attached hydrogens (tertiary/aromatic N) is 1. The van der Waals surface area contributed by atoms with Crippen LogP contribution in [-0.4, -0.2) is 35.8 Å². The van der Waals surface area contributed by atoms with E-state index in [1.54, 1.807) is 7.11 Å². The molecule has 0 N–H and O–H groups in total. The third-order valence-corrected chi connectivity index (χ3v) is 5.72. The Morgan fingerprint density at radius 1 is 1.22 bits per heavy atom. The van der Waals surface area contributed by atoms with Crippen molar-refractivity contribution in [2.45, 2.75) is 50.3 Å². The Hall–Kier alpha value is -1.07. The standard InChI is InChI=1S/C18H29NO3S/c1-15-9-7-5-4-6-8-12-22-17-13-16(21-3)10-11-18(17)23(20)19(2)14-15/h10-11,13,15H,4-9,12,14H2,1-3H3/t15-,23?/m0/s1. The molecule has 1 aromatic carbocycles. The van der Waals surface area contributed by atoms with Gasteiger partial charge in [0.2, 0.25) is 0 Å². The number of ether oxygens (including phenoxy) is 2. The molecule has 0 bridgehead atoms. The lowest BCUT2D eigenvalue weighted by Gasteiger charge is -2.22. The van der Waals surface area contributed by atoms with E-state index in [2.05, 4.69) is 6.92 Å². The lowest BCUT2D eigenvalue weighted by atomic mass is 10.0. The van der Waals surface area contributed by atoms with Gasteiger partial charge in [-0.3, -0.25) is 0 Å². The van der Waals surface area contributed by atoms with Crippen LogP contribution in [0, 0.1) is 5.92 Å². The second-order valence-corrected chi connectivity index (χ2v) is 7.94. The largest absolute Gasteiger partial charge is 0.497 e. The first-order valence-corrected chi connectivity index (χ1v) is 9.66. The minimum absolute atomic E-state index is 0.550. The first kappa shape index (κ1) is 18.3. The molecule has 0 amide bonds. The quantitative estimate of drug-likeness (QED) is 0.776. The van der Waals surface area contributed by atoms with Crippen molar-refractivity contribution in [2.24, 2.45) is 5.92 Å². The minimum Gasteiger partial charge on any atom is -0.497 e. The molecule has 0 fully saturated rings. The van der Waals surface area contributed by atoms with Gasteiger partial charge in [-0.05, 0) is 30.9 Å². The normalized spacial score (nSPS) is 25.0. The first-order chi connectivity index (χ1) is 11.1. The summed E-state index contributed by atoms with van der Waals surface area (Å²) < 4.78 is 26.0. The highest BCUT2D eigenvalue weighted by Crippen LogP contribution is 2.29. The fraction of sp³-hybridized carbons (Fsp3) is 0.667. The number of fused-ring (bicyclic) bond motifs is 1. The van der Waals surface area contributed by atoms with Crippen LogP contribution in [0.4, 0.5) is 0 Å². The van der Waals surface area contributed by atoms with Crippen LogP contribution < -0.4 is 9.47 Å². The van der Waals surface area contributed by atoms with Crippen molar-refractivity contribution < 1.29 is 13.7 Å². The van der Waals surface area contributed by atoms with Gasteiger partial charge in [0.05, 0.1) is 18.6 Å². The number of hydrogen-bond acceptors (Lipinski definition) is 3. The zero-order valence-corrected chi connectivity index (χ0v) is 15.4. The fourth-order valence-electron chi connectivity index (χ4n) is 2.95. The van der Waals surface area contributed by atoms with E-state index in [0.717, 1.165) is 23.6 Å². The van der Waals surface area contributed by atoms with Crippen LogP contribution in [0.2, 0.25) is 0 Å². The molecule has 5 heteroatoms. The molecule has 23 heavy (non-hydrogen) atoms. The van der Waals surface area contributed by atoms with Crippen LogP contribution in [0.5, 0.6) is 11.5 Å². The van der Waals surface area contributed by atoms with E-state index < -0.39 is 11.0 Å². The Morgan fingerprint density at radius 2 is 1.96 bits per heavy atom. The molecule has 130 valence electrons. The minimum atomic E-state index is -1.21. The van der Waals surface area contributed by atoms with Crippen molar-refractivity contribution >= 4 is 11.0 Å². The molecule has 4 nitrogen and oxygen atoms in total. The Morgan fingerprint density at radius 3 is 2.74 bits per heavy atom. The van der Waals surface area contributed by atoms with Crippen LogP contribution in [0.15, 0.2) is 23.1 Å². The number of methoxy groups -OCH3 is 1. The zero-order chi connectivity index (χ0) is 16.7. The topological polar surface area (TPSA) is 38.8 Å². The summed E-state index contributed by atoms with van der Waals surface area (Å²) in [5.74, 6) is 1.96. The summed E-state index contributed by atoms with van der Waals surface area (Å²) in [6, 6.07) is 5.55. The Kier molecular flexibility index (Phi) is 7.37. The first-order valence-electron chi connectivity index (χ1n) is 8.55. The van der Waals surface area contributed by atoms with Crippen molar-refractivity contribution in [3.8, 4) is 11.5 Å². The van der Waals surface area contributed by atoms with Gasteiger partial charge < -0.3 is 9.47 Å². The van der Waals surface area contributed by atoms with Crippen molar-refractivity contribution in [1.82, 2.24) is 4.31 Å². The second-order valence-electron chi connectivity index (χ2n) is 6.38. The molecule has 1 unspecified atom stereocenters. The summed E-state index contributed by atoms with van der Waals surface area (Å²) in [6.07, 6.45) is 7.24. The molecule has 1 heterocycles. The molecule has 0 saturated heterocycles. The monoisotopic (exact) mass is 339 g/mol. The van der Waals surface area contributed by atoms with Crippen molar-refractivity contribution in [3.63, 3.8) is 0 Å². The highest BCUT2D eigenvalue weighted by atomic mass is 32.2. The molecular weight excluding hydrogens is 310 g/mol. The summed E-state index contributed by atoms with van der Waals surface area (Å²) in [4.78, 5) is 0.734. The Labute approximate surface area is 142 Å². The number of benzene rings is 1. The van der Waals surface area contributed by atoms with Gasteiger partial charge in [-0.25, -0.2) is 8.51 Å². The van der Waals surface area contributed by atoms with E-state index in [9.17, 15) is 4.21 Å². The maximum Gasteiger partial charge on any atom is 0.140 e. The SMILES string of the molecule is COc1ccc2c(c1)OCCCCCCC[C@H](C)CN(C)S2=O. The van der Waals surface area contributed by atoms with E-state index in [1.165, 1.54) is 32.1 Å². The van der Waals surface area contributed by atoms with Crippen LogP contribution in [0.3, 0.4) is 0 Å². The van der Waals surface area contributed by atoms with Gasteiger partial charge in [0, 0.05) is 19.7 Å². The Bertz CT molecular complexity index is 521. The molecule has 0 radical (unpaired) electrons. The predicted molar refractivity (Wildman–Crippen MR) is 94.4 cm³/mol. The zero-order valence-electron chi connectivity index (χ0n) is 14.5. The van der Waals surface area contributed by atoms with Gasteiger partial charge in [-0.15, -0.1) is 0 Å². The van der Waals surface area contributed by atoms with Crippen LogP contribution in [-0.2, 0) is 11.0 Å². The fourth-order valence-corrected chi connectivity index (χ4v) is 4.15. The predicted octanol–water partition coefficient (Wildman–Crippen LogP) is 4.02. The van der Waals surface area contributed by atoms with E-state index in [4.69, 9.17) is 9.47 Å². The van der Waals surface area contributed by atoms with Gasteiger partial charge in [-0.2, -0.15) is 0 Å². The summed E-state index contributed by atoms with van der Waals surface area (Å²) in [7, 11) is 2.35. The van der Waals surface area contributed by atoms with Crippen molar-refractivity contribution in [1.29, 1.82) is 0 Å². The molecular formula is C18H29NO3S. The second kappa shape index (κ2) is 9.28. The highest BCUT2D eigenvalue weighted by molar-refractivity contribution is 7.82. The van der Waals surface area contributed by atoms with Crippen LogP contribution >= 0.6 is 0 Å². The summed E-state index contributed by atoms with van der Waals surface area (Å²) in [5.41, 5.74) is 0. The molecule has 0 spiro atoms. The van der Waals surface area contributed by atoms with Gasteiger partial charge in [0.15, 0.2) is 0 Å². The summed E-state index contributed by atoms with van der Waals surface area (Å²) in [5, 5.41) is 0.